The summed E-state index contributed by atoms with van der Waals surface area (Å²) in [6, 6.07) is 0.863. The highest BCUT2D eigenvalue weighted by Crippen LogP contribution is 2.35. The minimum atomic E-state index is 0.0479. The summed E-state index contributed by atoms with van der Waals surface area (Å²) in [6.45, 7) is 6.01. The number of ether oxygens (including phenoxy) is 1. The van der Waals surface area contributed by atoms with Crippen molar-refractivity contribution in [2.75, 3.05) is 13.2 Å². The van der Waals surface area contributed by atoms with E-state index in [0.717, 1.165) is 26.0 Å². The van der Waals surface area contributed by atoms with Gasteiger partial charge < -0.3 is 15.0 Å². The first-order chi connectivity index (χ1) is 9.16. The number of hydrogen-bond acceptors (Lipinski definition) is 3. The molecule has 0 aromatic carbocycles. The van der Waals surface area contributed by atoms with Crippen LogP contribution in [0.2, 0.25) is 0 Å². The highest BCUT2D eigenvalue weighted by molar-refractivity contribution is 5.84. The van der Waals surface area contributed by atoms with Gasteiger partial charge in [-0.2, -0.15) is 0 Å². The Morgan fingerprint density at radius 3 is 2.84 bits per heavy atom. The molecule has 2 saturated heterocycles. The lowest BCUT2D eigenvalue weighted by Gasteiger charge is -2.35. The highest BCUT2D eigenvalue weighted by Gasteiger charge is 2.41. The van der Waals surface area contributed by atoms with Gasteiger partial charge in [-0.05, 0) is 46.0 Å². The Balaban J connectivity index is 1.61. The Labute approximate surface area is 115 Å². The third kappa shape index (κ3) is 2.52. The third-order valence-electron chi connectivity index (χ3n) is 5.06. The standard InChI is InChI=1S/C15H26N2O2/c1-10(2)17-8-6-13(15(17)18)16-12-4-3-5-14-11(12)7-9-19-14/h10-14,16H,3-9H2,1-2H3/t11-,12-,13+,14-/m1/s1. The van der Waals surface area contributed by atoms with Gasteiger partial charge in [-0.3, -0.25) is 4.79 Å². The van der Waals surface area contributed by atoms with Crippen LogP contribution in [-0.4, -0.2) is 48.2 Å². The summed E-state index contributed by atoms with van der Waals surface area (Å²) in [6.07, 6.45) is 6.22. The molecule has 3 aliphatic rings. The lowest BCUT2D eigenvalue weighted by molar-refractivity contribution is -0.131. The average molecular weight is 266 g/mol. The van der Waals surface area contributed by atoms with E-state index in [1.165, 1.54) is 19.3 Å². The van der Waals surface area contributed by atoms with Gasteiger partial charge in [0.15, 0.2) is 0 Å². The maximum atomic E-state index is 12.3. The number of nitrogens with one attached hydrogen (secondary N) is 1. The first kappa shape index (κ1) is 13.4. The van der Waals surface area contributed by atoms with Crippen LogP contribution in [-0.2, 0) is 9.53 Å². The third-order valence-corrected chi connectivity index (χ3v) is 5.06. The zero-order chi connectivity index (χ0) is 13.4. The molecule has 1 N–H and O–H groups in total. The summed E-state index contributed by atoms with van der Waals surface area (Å²) in [5.41, 5.74) is 0. The van der Waals surface area contributed by atoms with Crippen molar-refractivity contribution in [1.82, 2.24) is 10.2 Å². The number of likely N-dealkylation sites (tertiary alicyclic amines) is 1. The van der Waals surface area contributed by atoms with Gasteiger partial charge in [-0.25, -0.2) is 0 Å². The highest BCUT2D eigenvalue weighted by atomic mass is 16.5. The van der Waals surface area contributed by atoms with E-state index in [4.69, 9.17) is 4.74 Å². The Kier molecular flexibility index (Phi) is 3.81. The topological polar surface area (TPSA) is 41.6 Å². The molecule has 3 fully saturated rings. The molecular formula is C15H26N2O2. The molecule has 0 spiro atoms. The van der Waals surface area contributed by atoms with Crippen molar-refractivity contribution in [2.24, 2.45) is 5.92 Å². The van der Waals surface area contributed by atoms with Gasteiger partial charge in [0, 0.05) is 31.2 Å². The smallest absolute Gasteiger partial charge is 0.240 e. The minimum absolute atomic E-state index is 0.0479. The van der Waals surface area contributed by atoms with Crippen LogP contribution in [0.4, 0.5) is 0 Å². The van der Waals surface area contributed by atoms with Crippen molar-refractivity contribution in [3.63, 3.8) is 0 Å². The summed E-state index contributed by atoms with van der Waals surface area (Å²) in [7, 11) is 0. The summed E-state index contributed by atoms with van der Waals surface area (Å²) in [5.74, 6) is 0.936. The Hall–Kier alpha value is -0.610. The maximum absolute atomic E-state index is 12.3. The first-order valence-corrected chi connectivity index (χ1v) is 7.85. The fourth-order valence-electron chi connectivity index (χ4n) is 4.01. The van der Waals surface area contributed by atoms with Gasteiger partial charge in [0.05, 0.1) is 12.1 Å². The lowest BCUT2D eigenvalue weighted by Crippen LogP contribution is -2.50. The number of amides is 1. The van der Waals surface area contributed by atoms with Crippen molar-refractivity contribution < 1.29 is 9.53 Å². The average Bonchev–Trinajstić information content (AvgIpc) is 2.97. The van der Waals surface area contributed by atoms with Gasteiger partial charge in [0.25, 0.3) is 0 Å². The number of hydrogen-bond donors (Lipinski definition) is 1. The van der Waals surface area contributed by atoms with Gasteiger partial charge in [0.1, 0.15) is 0 Å². The van der Waals surface area contributed by atoms with Crippen LogP contribution in [0, 0.1) is 5.92 Å². The zero-order valence-corrected chi connectivity index (χ0v) is 12.1. The van der Waals surface area contributed by atoms with Crippen molar-refractivity contribution in [3.8, 4) is 0 Å². The van der Waals surface area contributed by atoms with Crippen LogP contribution in [0.5, 0.6) is 0 Å². The molecule has 19 heavy (non-hydrogen) atoms. The van der Waals surface area contributed by atoms with E-state index >= 15 is 0 Å². The molecule has 4 atom stereocenters. The second kappa shape index (κ2) is 5.41. The summed E-state index contributed by atoms with van der Waals surface area (Å²) < 4.78 is 5.80. The van der Waals surface area contributed by atoms with Gasteiger partial charge in [-0.15, -0.1) is 0 Å². The molecule has 1 aliphatic carbocycles. The van der Waals surface area contributed by atoms with Crippen LogP contribution in [0.25, 0.3) is 0 Å². The van der Waals surface area contributed by atoms with Crippen molar-refractivity contribution in [2.45, 2.75) is 70.2 Å². The van der Waals surface area contributed by atoms with Gasteiger partial charge in [-0.1, -0.05) is 0 Å². The van der Waals surface area contributed by atoms with E-state index < -0.39 is 0 Å². The van der Waals surface area contributed by atoms with E-state index in [0.29, 0.717) is 30.0 Å². The quantitative estimate of drug-likeness (QED) is 0.842. The molecule has 1 saturated carbocycles. The number of nitrogens with zero attached hydrogens (tertiary/aromatic N) is 1. The molecule has 4 heteroatoms. The molecule has 0 unspecified atom stereocenters. The second-order valence-corrected chi connectivity index (χ2v) is 6.53. The summed E-state index contributed by atoms with van der Waals surface area (Å²) >= 11 is 0. The maximum Gasteiger partial charge on any atom is 0.240 e. The van der Waals surface area contributed by atoms with E-state index in [-0.39, 0.29) is 6.04 Å². The molecule has 0 aromatic heterocycles. The first-order valence-electron chi connectivity index (χ1n) is 7.85. The van der Waals surface area contributed by atoms with E-state index in [1.807, 2.05) is 4.90 Å². The Morgan fingerprint density at radius 2 is 2.11 bits per heavy atom. The van der Waals surface area contributed by atoms with Crippen LogP contribution in [0.15, 0.2) is 0 Å². The Bertz CT molecular complexity index is 345. The molecule has 108 valence electrons. The molecule has 0 radical (unpaired) electrons. The largest absolute Gasteiger partial charge is 0.378 e. The molecule has 0 bridgehead atoms. The summed E-state index contributed by atoms with van der Waals surface area (Å²) in [4.78, 5) is 14.3. The Morgan fingerprint density at radius 1 is 1.26 bits per heavy atom. The van der Waals surface area contributed by atoms with Crippen LogP contribution >= 0.6 is 0 Å². The van der Waals surface area contributed by atoms with E-state index in [2.05, 4.69) is 19.2 Å². The number of carbonyl (C=O) groups is 1. The normalized spacial score (nSPS) is 39.1. The molecular weight excluding hydrogens is 240 g/mol. The van der Waals surface area contributed by atoms with Crippen molar-refractivity contribution >= 4 is 5.91 Å². The molecule has 0 aromatic rings. The van der Waals surface area contributed by atoms with Crippen LogP contribution in [0.3, 0.4) is 0 Å². The number of fused-ring (bicyclic) bond motifs is 1. The summed E-state index contributed by atoms with van der Waals surface area (Å²) in [5, 5.41) is 3.65. The van der Waals surface area contributed by atoms with Crippen molar-refractivity contribution in [3.05, 3.63) is 0 Å². The second-order valence-electron chi connectivity index (χ2n) is 6.53. The molecule has 2 aliphatic heterocycles. The number of carbonyl (C=O) groups excluding carboxylic acids is 1. The fourth-order valence-corrected chi connectivity index (χ4v) is 4.01. The monoisotopic (exact) mass is 266 g/mol. The molecule has 2 heterocycles. The zero-order valence-electron chi connectivity index (χ0n) is 12.1. The van der Waals surface area contributed by atoms with E-state index in [9.17, 15) is 4.79 Å². The van der Waals surface area contributed by atoms with Gasteiger partial charge in [0.2, 0.25) is 5.91 Å². The minimum Gasteiger partial charge on any atom is -0.378 e. The van der Waals surface area contributed by atoms with Crippen LogP contribution < -0.4 is 5.32 Å². The lowest BCUT2D eigenvalue weighted by atomic mass is 9.81. The van der Waals surface area contributed by atoms with Gasteiger partial charge >= 0.3 is 0 Å². The predicted octanol–water partition coefficient (Wildman–Crippen LogP) is 1.54. The predicted molar refractivity (Wildman–Crippen MR) is 73.9 cm³/mol. The van der Waals surface area contributed by atoms with Crippen LogP contribution in [0.1, 0.15) is 46.0 Å². The fraction of sp³-hybridized carbons (Fsp3) is 0.933. The SMILES string of the molecule is CC(C)N1CC[C@H](N[C@@H]2CCC[C@H]3OCC[C@H]23)C1=O. The molecule has 1 amide bonds. The van der Waals surface area contributed by atoms with E-state index in [1.54, 1.807) is 0 Å². The number of rotatable bonds is 3. The molecule has 4 nitrogen and oxygen atoms in total. The van der Waals surface area contributed by atoms with Crippen molar-refractivity contribution in [1.29, 1.82) is 0 Å². The molecule has 3 rings (SSSR count).